The first-order chi connectivity index (χ1) is 8.16. The number of nitrogens with zero attached hydrogens (tertiary/aromatic N) is 2. The number of aryl methyl sites for hydroxylation is 2. The number of thiophene rings is 1. The molecule has 4 nitrogen and oxygen atoms in total. The maximum atomic E-state index is 11.5. The van der Waals surface area contributed by atoms with Crippen molar-refractivity contribution in [1.29, 1.82) is 0 Å². The number of rotatable bonds is 1. The van der Waals surface area contributed by atoms with E-state index in [4.69, 9.17) is 0 Å². The van der Waals surface area contributed by atoms with E-state index in [2.05, 4.69) is 10.1 Å². The van der Waals surface area contributed by atoms with Crippen LogP contribution >= 0.6 is 11.3 Å². The van der Waals surface area contributed by atoms with E-state index in [1.165, 1.54) is 0 Å². The van der Waals surface area contributed by atoms with Crippen LogP contribution in [0.3, 0.4) is 0 Å². The molecule has 0 aliphatic heterocycles. The van der Waals surface area contributed by atoms with Gasteiger partial charge in [0.25, 0.3) is 0 Å². The molecule has 0 fully saturated rings. The molecule has 0 amide bonds. The quantitative estimate of drug-likeness (QED) is 0.715. The van der Waals surface area contributed by atoms with E-state index >= 15 is 0 Å². The van der Waals surface area contributed by atoms with Gasteiger partial charge in [0.15, 0.2) is 0 Å². The monoisotopic (exact) mass is 245 g/mol. The van der Waals surface area contributed by atoms with Gasteiger partial charge in [-0.2, -0.15) is 5.10 Å². The van der Waals surface area contributed by atoms with Gasteiger partial charge in [-0.3, -0.25) is 9.48 Å². The molecule has 0 unspecified atom stereocenters. The molecule has 17 heavy (non-hydrogen) atoms. The molecule has 3 heterocycles. The van der Waals surface area contributed by atoms with Crippen molar-refractivity contribution >= 4 is 22.4 Å². The van der Waals surface area contributed by atoms with Gasteiger partial charge in [0.2, 0.25) is 5.56 Å². The second-order valence-corrected chi connectivity index (χ2v) is 4.94. The van der Waals surface area contributed by atoms with Gasteiger partial charge in [-0.15, -0.1) is 11.3 Å². The number of H-pyrrole nitrogens is 1. The number of aromatic amines is 1. The van der Waals surface area contributed by atoms with E-state index in [1.54, 1.807) is 22.1 Å². The predicted molar refractivity (Wildman–Crippen MR) is 69.4 cm³/mol. The molecule has 0 saturated carbocycles. The lowest BCUT2D eigenvalue weighted by Gasteiger charge is -1.97. The van der Waals surface area contributed by atoms with Crippen molar-refractivity contribution in [1.82, 2.24) is 14.8 Å². The van der Waals surface area contributed by atoms with Gasteiger partial charge >= 0.3 is 0 Å². The fraction of sp³-hybridized carbons (Fsp3) is 0.167. The first kappa shape index (κ1) is 10.3. The Morgan fingerprint density at radius 1 is 1.47 bits per heavy atom. The Bertz CT molecular complexity index is 737. The molecule has 3 rings (SSSR count). The molecule has 3 aromatic heterocycles. The molecule has 0 saturated heterocycles. The minimum absolute atomic E-state index is 0.0873. The Morgan fingerprint density at radius 3 is 3.00 bits per heavy atom. The Morgan fingerprint density at radius 2 is 2.29 bits per heavy atom. The Kier molecular flexibility index (Phi) is 2.16. The van der Waals surface area contributed by atoms with Gasteiger partial charge in [0.05, 0.1) is 4.88 Å². The molecule has 0 aliphatic carbocycles. The third kappa shape index (κ3) is 1.51. The summed E-state index contributed by atoms with van der Waals surface area (Å²) in [6, 6.07) is 5.65. The van der Waals surface area contributed by atoms with E-state index < -0.39 is 0 Å². The molecular formula is C12H11N3OS. The molecule has 0 bridgehead atoms. The third-order valence-electron chi connectivity index (χ3n) is 2.79. The number of hydrogen-bond donors (Lipinski definition) is 1. The van der Waals surface area contributed by atoms with Crippen LogP contribution in [-0.2, 0) is 7.05 Å². The highest BCUT2D eigenvalue weighted by atomic mass is 32.1. The van der Waals surface area contributed by atoms with Crippen molar-refractivity contribution in [2.45, 2.75) is 6.92 Å². The maximum absolute atomic E-state index is 11.5. The lowest BCUT2D eigenvalue weighted by molar-refractivity contribution is 0.788. The van der Waals surface area contributed by atoms with Crippen LogP contribution in [-0.4, -0.2) is 14.8 Å². The number of pyridine rings is 1. The SMILES string of the molecule is Cc1cc(=O)[nH]c2c1c(-c1cccs1)nn2C. The van der Waals surface area contributed by atoms with Crippen molar-refractivity contribution in [2.75, 3.05) is 0 Å². The highest BCUT2D eigenvalue weighted by Gasteiger charge is 2.14. The van der Waals surface area contributed by atoms with E-state index in [-0.39, 0.29) is 5.56 Å². The predicted octanol–water partition coefficient (Wildman–Crippen LogP) is 2.30. The smallest absolute Gasteiger partial charge is 0.249 e. The Hall–Kier alpha value is -1.88. The Labute approximate surface area is 102 Å². The minimum Gasteiger partial charge on any atom is -0.307 e. The van der Waals surface area contributed by atoms with E-state index in [9.17, 15) is 4.79 Å². The van der Waals surface area contributed by atoms with E-state index in [0.29, 0.717) is 0 Å². The normalized spacial score (nSPS) is 11.2. The molecular weight excluding hydrogens is 234 g/mol. The highest BCUT2D eigenvalue weighted by Crippen LogP contribution is 2.31. The summed E-state index contributed by atoms with van der Waals surface area (Å²) in [4.78, 5) is 15.4. The number of hydrogen-bond acceptors (Lipinski definition) is 3. The van der Waals surface area contributed by atoms with Gasteiger partial charge in [0, 0.05) is 18.5 Å². The number of nitrogens with one attached hydrogen (secondary N) is 1. The summed E-state index contributed by atoms with van der Waals surface area (Å²) in [5, 5.41) is 7.54. The van der Waals surface area contributed by atoms with Crippen LogP contribution in [0.5, 0.6) is 0 Å². The molecule has 0 spiro atoms. The van der Waals surface area contributed by atoms with Crippen LogP contribution in [0.25, 0.3) is 21.6 Å². The molecule has 0 aliphatic rings. The van der Waals surface area contributed by atoms with Crippen LogP contribution in [0.4, 0.5) is 0 Å². The third-order valence-corrected chi connectivity index (χ3v) is 3.66. The average Bonchev–Trinajstić information content (AvgIpc) is 2.86. The lowest BCUT2D eigenvalue weighted by atomic mass is 10.1. The van der Waals surface area contributed by atoms with E-state index in [1.807, 2.05) is 31.5 Å². The zero-order chi connectivity index (χ0) is 12.0. The zero-order valence-electron chi connectivity index (χ0n) is 9.52. The molecule has 5 heteroatoms. The van der Waals surface area contributed by atoms with Crippen molar-refractivity contribution in [3.63, 3.8) is 0 Å². The fourth-order valence-electron chi connectivity index (χ4n) is 2.05. The molecule has 0 aromatic carbocycles. The molecule has 3 aromatic rings. The standard InChI is InChI=1S/C12H11N3OS/c1-7-6-9(16)13-12-10(7)11(14-15(12)2)8-4-3-5-17-8/h3-6H,1-2H3,(H,13,16). The summed E-state index contributed by atoms with van der Waals surface area (Å²) in [6.07, 6.45) is 0. The highest BCUT2D eigenvalue weighted by molar-refractivity contribution is 7.13. The van der Waals surface area contributed by atoms with Crippen molar-refractivity contribution in [3.8, 4) is 10.6 Å². The van der Waals surface area contributed by atoms with Gasteiger partial charge in [-0.1, -0.05) is 6.07 Å². The van der Waals surface area contributed by atoms with Crippen molar-refractivity contribution in [2.24, 2.45) is 7.05 Å². The van der Waals surface area contributed by atoms with Crippen LogP contribution in [0, 0.1) is 6.92 Å². The lowest BCUT2D eigenvalue weighted by Crippen LogP contribution is -2.06. The topological polar surface area (TPSA) is 50.7 Å². The Balaban J connectivity index is 2.46. The summed E-state index contributed by atoms with van der Waals surface area (Å²) < 4.78 is 1.72. The fourth-order valence-corrected chi connectivity index (χ4v) is 2.76. The second-order valence-electron chi connectivity index (χ2n) is 3.99. The zero-order valence-corrected chi connectivity index (χ0v) is 10.3. The molecule has 86 valence electrons. The van der Waals surface area contributed by atoms with Gasteiger partial charge in [-0.05, 0) is 23.9 Å². The number of aromatic nitrogens is 3. The first-order valence-corrected chi connectivity index (χ1v) is 6.15. The molecule has 1 N–H and O–H groups in total. The average molecular weight is 245 g/mol. The number of fused-ring (bicyclic) bond motifs is 1. The largest absolute Gasteiger partial charge is 0.307 e. The van der Waals surface area contributed by atoms with Crippen LogP contribution < -0.4 is 5.56 Å². The second kappa shape index (κ2) is 3.56. The summed E-state index contributed by atoms with van der Waals surface area (Å²) in [6.45, 7) is 1.94. The molecule has 0 atom stereocenters. The van der Waals surface area contributed by atoms with Gasteiger partial charge < -0.3 is 4.98 Å². The van der Waals surface area contributed by atoms with E-state index in [0.717, 1.165) is 27.2 Å². The maximum Gasteiger partial charge on any atom is 0.249 e. The summed E-state index contributed by atoms with van der Waals surface area (Å²) in [7, 11) is 1.84. The van der Waals surface area contributed by atoms with Gasteiger partial charge in [0.1, 0.15) is 11.3 Å². The summed E-state index contributed by atoms with van der Waals surface area (Å²) in [5.74, 6) is 0. The molecule has 0 radical (unpaired) electrons. The summed E-state index contributed by atoms with van der Waals surface area (Å²) >= 11 is 1.65. The van der Waals surface area contributed by atoms with Crippen molar-refractivity contribution < 1.29 is 0 Å². The van der Waals surface area contributed by atoms with Crippen molar-refractivity contribution in [3.05, 3.63) is 39.5 Å². The first-order valence-electron chi connectivity index (χ1n) is 5.27. The summed E-state index contributed by atoms with van der Waals surface area (Å²) in [5.41, 5.74) is 2.58. The van der Waals surface area contributed by atoms with Crippen LogP contribution in [0.1, 0.15) is 5.56 Å². The minimum atomic E-state index is -0.0873. The van der Waals surface area contributed by atoms with Gasteiger partial charge in [-0.25, -0.2) is 0 Å². The van der Waals surface area contributed by atoms with Crippen LogP contribution in [0.2, 0.25) is 0 Å². The van der Waals surface area contributed by atoms with Crippen LogP contribution in [0.15, 0.2) is 28.4 Å².